The van der Waals surface area contributed by atoms with E-state index in [2.05, 4.69) is 33.7 Å². The van der Waals surface area contributed by atoms with E-state index in [9.17, 15) is 4.79 Å². The Morgan fingerprint density at radius 3 is 2.75 bits per heavy atom. The molecule has 0 amide bonds. The van der Waals surface area contributed by atoms with Crippen LogP contribution in [0.15, 0.2) is 6.20 Å². The van der Waals surface area contributed by atoms with Gasteiger partial charge in [0, 0.05) is 26.3 Å². The van der Waals surface area contributed by atoms with E-state index >= 15 is 0 Å². The second-order valence-corrected chi connectivity index (χ2v) is 6.38. The largest absolute Gasteiger partial charge is 0.343 e. The van der Waals surface area contributed by atoms with Gasteiger partial charge in [0.25, 0.3) is 0 Å². The second-order valence-electron chi connectivity index (χ2n) is 6.38. The topological polar surface area (TPSA) is 49.3 Å². The molecule has 110 valence electrons. The third-order valence-electron chi connectivity index (χ3n) is 4.05. The Bertz CT molecular complexity index is 517. The predicted molar refractivity (Wildman–Crippen MR) is 80.3 cm³/mol. The Morgan fingerprint density at radius 2 is 2.25 bits per heavy atom. The van der Waals surface area contributed by atoms with E-state index in [1.807, 2.05) is 14.0 Å². The molecule has 1 fully saturated rings. The molecule has 1 aromatic rings. The van der Waals surface area contributed by atoms with Gasteiger partial charge in [0.2, 0.25) is 5.95 Å². The smallest absolute Gasteiger partial charge is 0.225 e. The minimum absolute atomic E-state index is 0.0149. The molecule has 5 heteroatoms. The molecule has 1 atom stereocenters. The van der Waals surface area contributed by atoms with Crippen LogP contribution in [-0.2, 0) is 0 Å². The number of hydrogen-bond acceptors (Lipinski definition) is 5. The summed E-state index contributed by atoms with van der Waals surface area (Å²) in [6.45, 7) is 8.89. The van der Waals surface area contributed by atoms with Crippen molar-refractivity contribution < 1.29 is 4.79 Å². The Hall–Kier alpha value is -1.49. The summed E-state index contributed by atoms with van der Waals surface area (Å²) in [5.41, 5.74) is 1.64. The quantitative estimate of drug-likeness (QED) is 0.784. The minimum Gasteiger partial charge on any atom is -0.343 e. The van der Waals surface area contributed by atoms with Gasteiger partial charge in [-0.25, -0.2) is 9.97 Å². The van der Waals surface area contributed by atoms with E-state index in [1.165, 1.54) is 6.42 Å². The highest BCUT2D eigenvalue weighted by atomic mass is 16.1. The Kier molecular flexibility index (Phi) is 4.09. The predicted octanol–water partition coefficient (Wildman–Crippen LogP) is 1.77. The van der Waals surface area contributed by atoms with Crippen LogP contribution in [0.1, 0.15) is 36.3 Å². The minimum atomic E-state index is 0.0149. The first-order valence-electron chi connectivity index (χ1n) is 7.05. The number of rotatable bonds is 4. The van der Waals surface area contributed by atoms with Crippen LogP contribution in [0.5, 0.6) is 0 Å². The number of anilines is 1. The van der Waals surface area contributed by atoms with Crippen LogP contribution in [0.2, 0.25) is 0 Å². The molecule has 0 saturated carbocycles. The fourth-order valence-electron chi connectivity index (χ4n) is 3.03. The third kappa shape index (κ3) is 3.15. The molecule has 1 aromatic heterocycles. The van der Waals surface area contributed by atoms with Crippen molar-refractivity contribution in [1.29, 1.82) is 0 Å². The summed E-state index contributed by atoms with van der Waals surface area (Å²) in [6.07, 6.45) is 2.83. The van der Waals surface area contributed by atoms with Crippen molar-refractivity contribution in [3.8, 4) is 0 Å². The zero-order valence-corrected chi connectivity index (χ0v) is 13.1. The number of aromatic nitrogens is 2. The van der Waals surface area contributed by atoms with Gasteiger partial charge in [-0.2, -0.15) is 0 Å². The average Bonchev–Trinajstić information content (AvgIpc) is 2.68. The first-order valence-corrected chi connectivity index (χ1v) is 7.05. The number of aryl methyl sites for hydroxylation is 1. The highest BCUT2D eigenvalue weighted by Crippen LogP contribution is 2.30. The third-order valence-corrected chi connectivity index (χ3v) is 4.05. The van der Waals surface area contributed by atoms with Crippen molar-refractivity contribution >= 4 is 11.7 Å². The lowest BCUT2D eigenvalue weighted by Gasteiger charge is -2.30. The van der Waals surface area contributed by atoms with Gasteiger partial charge in [0.15, 0.2) is 5.78 Å². The number of ketones is 1. The van der Waals surface area contributed by atoms with Gasteiger partial charge in [-0.1, -0.05) is 6.92 Å². The molecule has 0 aromatic carbocycles. The number of Topliss-reactive ketones (excluding diaryl/α,β-unsaturated/α-hetero) is 1. The number of carbonyl (C=O) groups excluding carboxylic acids is 1. The molecule has 2 heterocycles. The number of carbonyl (C=O) groups is 1. The van der Waals surface area contributed by atoms with Crippen LogP contribution >= 0.6 is 0 Å². The molecule has 0 spiro atoms. The van der Waals surface area contributed by atoms with Gasteiger partial charge < -0.3 is 9.80 Å². The summed E-state index contributed by atoms with van der Waals surface area (Å²) in [5, 5.41) is 0. The van der Waals surface area contributed by atoms with E-state index in [0.717, 1.165) is 25.3 Å². The summed E-state index contributed by atoms with van der Waals surface area (Å²) in [5.74, 6) is 0.712. The molecule has 1 aliphatic rings. The maximum absolute atomic E-state index is 11.4. The van der Waals surface area contributed by atoms with Gasteiger partial charge in [-0.05, 0) is 39.3 Å². The zero-order chi connectivity index (χ0) is 14.9. The van der Waals surface area contributed by atoms with Crippen LogP contribution < -0.4 is 4.90 Å². The molecule has 0 bridgehead atoms. The molecule has 20 heavy (non-hydrogen) atoms. The normalized spacial score (nSPS) is 23.1. The summed E-state index contributed by atoms with van der Waals surface area (Å²) < 4.78 is 0. The van der Waals surface area contributed by atoms with E-state index in [-0.39, 0.29) is 11.2 Å². The van der Waals surface area contributed by atoms with Crippen LogP contribution in [0.25, 0.3) is 0 Å². The van der Waals surface area contributed by atoms with Crippen LogP contribution in [0.3, 0.4) is 0 Å². The first kappa shape index (κ1) is 14.9. The van der Waals surface area contributed by atoms with E-state index in [4.69, 9.17) is 0 Å². The van der Waals surface area contributed by atoms with E-state index in [1.54, 1.807) is 13.1 Å². The highest BCUT2D eigenvalue weighted by molar-refractivity contribution is 5.94. The summed E-state index contributed by atoms with van der Waals surface area (Å²) >= 11 is 0. The number of likely N-dealkylation sites (tertiary alicyclic amines) is 1. The summed E-state index contributed by atoms with van der Waals surface area (Å²) in [6, 6.07) is 0. The first-order chi connectivity index (χ1) is 9.31. The Morgan fingerprint density at radius 1 is 1.55 bits per heavy atom. The van der Waals surface area contributed by atoms with Crippen molar-refractivity contribution in [2.45, 2.75) is 27.2 Å². The average molecular weight is 276 g/mol. The fraction of sp³-hybridized carbons (Fsp3) is 0.667. The lowest BCUT2D eigenvalue weighted by atomic mass is 9.89. The number of hydrogen-bond donors (Lipinski definition) is 0. The van der Waals surface area contributed by atoms with Gasteiger partial charge in [0.1, 0.15) is 0 Å². The molecule has 0 N–H and O–H groups in total. The maximum atomic E-state index is 11.4. The van der Waals surface area contributed by atoms with Crippen molar-refractivity contribution in [1.82, 2.24) is 14.9 Å². The van der Waals surface area contributed by atoms with Crippen LogP contribution in [-0.4, -0.2) is 54.4 Å². The molecule has 5 nitrogen and oxygen atoms in total. The summed E-state index contributed by atoms with van der Waals surface area (Å²) in [7, 11) is 4.18. The van der Waals surface area contributed by atoms with Gasteiger partial charge in [0.05, 0.1) is 11.3 Å². The van der Waals surface area contributed by atoms with E-state index < -0.39 is 0 Å². The SMILES string of the molecule is CC(=O)c1cnc(N(C)CC2(C)CCN(C)C2)nc1C. The number of nitrogens with zero attached hydrogens (tertiary/aromatic N) is 4. The molecule has 0 radical (unpaired) electrons. The van der Waals surface area contributed by atoms with Crippen molar-refractivity contribution in [2.75, 3.05) is 38.6 Å². The standard InChI is InChI=1S/C15H24N4O/c1-11-13(12(2)20)8-16-14(17-11)19(5)10-15(3)6-7-18(4)9-15/h8H,6-7,9-10H2,1-5H3. The lowest BCUT2D eigenvalue weighted by Crippen LogP contribution is -2.36. The molecule has 2 rings (SSSR count). The van der Waals surface area contributed by atoms with Gasteiger partial charge in [-0.15, -0.1) is 0 Å². The Balaban J connectivity index is 2.12. The molecule has 1 unspecified atom stereocenters. The van der Waals surface area contributed by atoms with Crippen molar-refractivity contribution in [3.63, 3.8) is 0 Å². The monoisotopic (exact) mass is 276 g/mol. The van der Waals surface area contributed by atoms with E-state index in [0.29, 0.717) is 11.5 Å². The summed E-state index contributed by atoms with van der Waals surface area (Å²) in [4.78, 5) is 24.7. The molecule has 1 saturated heterocycles. The molecular weight excluding hydrogens is 252 g/mol. The Labute approximate surface area is 121 Å². The van der Waals surface area contributed by atoms with Gasteiger partial charge >= 0.3 is 0 Å². The van der Waals surface area contributed by atoms with Crippen molar-refractivity contribution in [2.24, 2.45) is 5.41 Å². The second kappa shape index (κ2) is 5.48. The van der Waals surface area contributed by atoms with Crippen molar-refractivity contribution in [3.05, 3.63) is 17.5 Å². The van der Waals surface area contributed by atoms with Crippen LogP contribution in [0.4, 0.5) is 5.95 Å². The molecule has 0 aliphatic carbocycles. The molecular formula is C15H24N4O. The van der Waals surface area contributed by atoms with Crippen LogP contribution in [0, 0.1) is 12.3 Å². The highest BCUT2D eigenvalue weighted by Gasteiger charge is 2.33. The zero-order valence-electron chi connectivity index (χ0n) is 13.1. The van der Waals surface area contributed by atoms with Gasteiger partial charge in [-0.3, -0.25) is 4.79 Å². The lowest BCUT2D eigenvalue weighted by molar-refractivity contribution is 0.101. The molecule has 1 aliphatic heterocycles. The maximum Gasteiger partial charge on any atom is 0.225 e. The fourth-order valence-corrected chi connectivity index (χ4v) is 3.03.